The molecule has 3 N–H and O–H groups in total. The number of ketones is 1. The number of anilines is 3. The first-order valence-electron chi connectivity index (χ1n) is 5.49. The van der Waals surface area contributed by atoms with E-state index in [9.17, 15) is 4.79 Å². The molecule has 0 aliphatic carbocycles. The highest BCUT2D eigenvalue weighted by Crippen LogP contribution is 2.25. The van der Waals surface area contributed by atoms with Crippen molar-refractivity contribution >= 4 is 34.4 Å². The van der Waals surface area contributed by atoms with Gasteiger partial charge >= 0.3 is 0 Å². The predicted octanol–water partition coefficient (Wildman–Crippen LogP) is 3.87. The highest BCUT2D eigenvalue weighted by atomic mass is 35.5. The van der Waals surface area contributed by atoms with Crippen molar-refractivity contribution in [3.05, 3.63) is 53.1 Å². The number of hydrogen-bond donors (Lipinski definition) is 2. The van der Waals surface area contributed by atoms with Gasteiger partial charge in [0, 0.05) is 16.3 Å². The molecule has 0 fully saturated rings. The van der Waals surface area contributed by atoms with Crippen molar-refractivity contribution in [3.63, 3.8) is 0 Å². The molecule has 0 atom stereocenters. The molecule has 0 aromatic heterocycles. The Kier molecular flexibility index (Phi) is 3.53. The Bertz CT molecular complexity index is 579. The van der Waals surface area contributed by atoms with Crippen LogP contribution in [-0.2, 0) is 0 Å². The molecule has 92 valence electrons. The maximum atomic E-state index is 11.2. The number of halogens is 1. The van der Waals surface area contributed by atoms with E-state index in [0.717, 1.165) is 11.4 Å². The molecule has 0 aliphatic heterocycles. The Morgan fingerprint density at radius 1 is 1.17 bits per heavy atom. The summed E-state index contributed by atoms with van der Waals surface area (Å²) in [4.78, 5) is 11.2. The quantitative estimate of drug-likeness (QED) is 0.651. The van der Waals surface area contributed by atoms with Gasteiger partial charge in [0.15, 0.2) is 5.78 Å². The molecule has 0 aliphatic rings. The first-order chi connectivity index (χ1) is 8.56. The van der Waals surface area contributed by atoms with Crippen LogP contribution in [0.1, 0.15) is 17.3 Å². The fraction of sp³-hybridized carbons (Fsp3) is 0.0714. The summed E-state index contributed by atoms with van der Waals surface area (Å²) in [6.45, 7) is 1.51. The molecular formula is C14H13ClN2O. The van der Waals surface area contributed by atoms with Crippen molar-refractivity contribution in [3.8, 4) is 0 Å². The van der Waals surface area contributed by atoms with Crippen LogP contribution in [0.5, 0.6) is 0 Å². The molecule has 2 aromatic rings. The lowest BCUT2D eigenvalue weighted by molar-refractivity contribution is 0.101. The molecular weight excluding hydrogens is 248 g/mol. The fourth-order valence-electron chi connectivity index (χ4n) is 1.58. The van der Waals surface area contributed by atoms with E-state index in [-0.39, 0.29) is 5.78 Å². The topological polar surface area (TPSA) is 55.1 Å². The van der Waals surface area contributed by atoms with Gasteiger partial charge in [-0.3, -0.25) is 4.79 Å². The van der Waals surface area contributed by atoms with Crippen molar-refractivity contribution in [2.24, 2.45) is 0 Å². The number of Topliss-reactive ketones (excluding diaryl/α,β-unsaturated/α-hetero) is 1. The van der Waals surface area contributed by atoms with Crippen LogP contribution in [0.25, 0.3) is 0 Å². The van der Waals surface area contributed by atoms with Gasteiger partial charge in [0.25, 0.3) is 0 Å². The zero-order valence-electron chi connectivity index (χ0n) is 9.91. The number of carbonyl (C=O) groups excluding carboxylic acids is 1. The number of nitrogens with one attached hydrogen (secondary N) is 1. The second kappa shape index (κ2) is 5.10. The molecule has 0 bridgehead atoms. The Morgan fingerprint density at radius 2 is 1.83 bits per heavy atom. The van der Waals surface area contributed by atoms with E-state index in [1.165, 1.54) is 6.92 Å². The van der Waals surface area contributed by atoms with E-state index < -0.39 is 0 Å². The van der Waals surface area contributed by atoms with Gasteiger partial charge in [-0.1, -0.05) is 11.6 Å². The molecule has 0 heterocycles. The molecule has 18 heavy (non-hydrogen) atoms. The summed E-state index contributed by atoms with van der Waals surface area (Å²) >= 11 is 5.81. The lowest BCUT2D eigenvalue weighted by atomic mass is 10.1. The number of nitrogen functional groups attached to an aromatic ring is 1. The van der Waals surface area contributed by atoms with Crippen LogP contribution in [0, 0.1) is 0 Å². The molecule has 0 unspecified atom stereocenters. The number of nitrogens with two attached hydrogens (primary N) is 1. The summed E-state index contributed by atoms with van der Waals surface area (Å²) in [5.41, 5.74) is 8.70. The van der Waals surface area contributed by atoms with Crippen LogP contribution >= 0.6 is 11.6 Å². The molecule has 0 amide bonds. The minimum atomic E-state index is -0.000238. The Morgan fingerprint density at radius 3 is 2.39 bits per heavy atom. The van der Waals surface area contributed by atoms with Gasteiger partial charge < -0.3 is 11.1 Å². The SMILES string of the molecule is CC(=O)c1ccc(Nc2ccc(Cl)cc2)c(N)c1. The van der Waals surface area contributed by atoms with Crippen LogP contribution in [0.3, 0.4) is 0 Å². The molecule has 2 rings (SSSR count). The van der Waals surface area contributed by atoms with Gasteiger partial charge in [0.2, 0.25) is 0 Å². The first kappa shape index (κ1) is 12.5. The summed E-state index contributed by atoms with van der Waals surface area (Å²) in [5.74, 6) is -0.000238. The van der Waals surface area contributed by atoms with E-state index in [4.69, 9.17) is 17.3 Å². The van der Waals surface area contributed by atoms with Crippen molar-refractivity contribution in [2.45, 2.75) is 6.92 Å². The van der Waals surface area contributed by atoms with E-state index in [1.807, 2.05) is 12.1 Å². The number of benzene rings is 2. The average Bonchev–Trinajstić information content (AvgIpc) is 2.34. The van der Waals surface area contributed by atoms with Gasteiger partial charge in [-0.2, -0.15) is 0 Å². The second-order valence-corrected chi connectivity index (χ2v) is 4.43. The number of hydrogen-bond acceptors (Lipinski definition) is 3. The summed E-state index contributed by atoms with van der Waals surface area (Å²) < 4.78 is 0. The largest absolute Gasteiger partial charge is 0.397 e. The van der Waals surface area contributed by atoms with Crippen LogP contribution < -0.4 is 11.1 Å². The van der Waals surface area contributed by atoms with Crippen molar-refractivity contribution in [1.29, 1.82) is 0 Å². The van der Waals surface area contributed by atoms with E-state index >= 15 is 0 Å². The average molecular weight is 261 g/mol. The molecule has 2 aromatic carbocycles. The zero-order chi connectivity index (χ0) is 13.1. The molecule has 0 saturated heterocycles. The summed E-state index contributed by atoms with van der Waals surface area (Å²) in [7, 11) is 0. The second-order valence-electron chi connectivity index (χ2n) is 3.99. The van der Waals surface area contributed by atoms with Crippen LogP contribution in [0.4, 0.5) is 17.1 Å². The van der Waals surface area contributed by atoms with E-state index in [1.54, 1.807) is 30.3 Å². The maximum absolute atomic E-state index is 11.2. The van der Waals surface area contributed by atoms with Gasteiger partial charge in [0.1, 0.15) is 0 Å². The zero-order valence-corrected chi connectivity index (χ0v) is 10.7. The minimum Gasteiger partial charge on any atom is -0.397 e. The third-order valence-corrected chi connectivity index (χ3v) is 2.83. The lowest BCUT2D eigenvalue weighted by Gasteiger charge is -2.10. The Hall–Kier alpha value is -2.00. The fourth-order valence-corrected chi connectivity index (χ4v) is 1.71. The first-order valence-corrected chi connectivity index (χ1v) is 5.87. The Labute approximate surface area is 111 Å². The van der Waals surface area contributed by atoms with Gasteiger partial charge in [0.05, 0.1) is 11.4 Å². The number of carbonyl (C=O) groups is 1. The Balaban J connectivity index is 2.24. The van der Waals surface area contributed by atoms with Crippen LogP contribution in [0.15, 0.2) is 42.5 Å². The van der Waals surface area contributed by atoms with E-state index in [2.05, 4.69) is 5.32 Å². The van der Waals surface area contributed by atoms with Crippen molar-refractivity contribution in [2.75, 3.05) is 11.1 Å². The highest BCUT2D eigenvalue weighted by molar-refractivity contribution is 6.30. The lowest BCUT2D eigenvalue weighted by Crippen LogP contribution is -1.99. The van der Waals surface area contributed by atoms with Crippen LogP contribution in [-0.4, -0.2) is 5.78 Å². The molecule has 4 heteroatoms. The van der Waals surface area contributed by atoms with Crippen molar-refractivity contribution < 1.29 is 4.79 Å². The molecule has 3 nitrogen and oxygen atoms in total. The summed E-state index contributed by atoms with van der Waals surface area (Å²) in [6.07, 6.45) is 0. The minimum absolute atomic E-state index is 0.000238. The van der Waals surface area contributed by atoms with E-state index in [0.29, 0.717) is 16.3 Å². The third-order valence-electron chi connectivity index (χ3n) is 2.58. The van der Waals surface area contributed by atoms with Crippen LogP contribution in [0.2, 0.25) is 5.02 Å². The molecule has 0 saturated carbocycles. The van der Waals surface area contributed by atoms with Crippen molar-refractivity contribution in [1.82, 2.24) is 0 Å². The smallest absolute Gasteiger partial charge is 0.159 e. The molecule has 0 radical (unpaired) electrons. The predicted molar refractivity (Wildman–Crippen MR) is 75.6 cm³/mol. The maximum Gasteiger partial charge on any atom is 0.159 e. The third kappa shape index (κ3) is 2.81. The van der Waals surface area contributed by atoms with Gasteiger partial charge in [-0.05, 0) is 49.4 Å². The summed E-state index contributed by atoms with van der Waals surface area (Å²) in [5, 5.41) is 3.85. The van der Waals surface area contributed by atoms with Gasteiger partial charge in [-0.25, -0.2) is 0 Å². The molecule has 0 spiro atoms. The highest BCUT2D eigenvalue weighted by Gasteiger charge is 2.04. The summed E-state index contributed by atoms with van der Waals surface area (Å²) in [6, 6.07) is 12.5. The number of rotatable bonds is 3. The standard InChI is InChI=1S/C14H13ClN2O/c1-9(18)10-2-7-14(13(16)8-10)17-12-5-3-11(15)4-6-12/h2-8,17H,16H2,1H3. The normalized spacial score (nSPS) is 10.1. The monoisotopic (exact) mass is 260 g/mol. The van der Waals surface area contributed by atoms with Gasteiger partial charge in [-0.15, -0.1) is 0 Å².